The molecule has 0 saturated heterocycles. The van der Waals surface area contributed by atoms with Gasteiger partial charge in [0.05, 0.1) is 10.8 Å². The summed E-state index contributed by atoms with van der Waals surface area (Å²) < 4.78 is 36.5. The molecule has 2 atom stereocenters. The molecule has 2 unspecified atom stereocenters. The molecule has 0 aliphatic heterocycles. The number of nitriles is 1. The van der Waals surface area contributed by atoms with E-state index >= 15 is 0 Å². The molecule has 0 heterocycles. The third-order valence-electron chi connectivity index (χ3n) is 3.69. The normalized spacial score (nSPS) is 23.1. The zero-order valence-corrected chi connectivity index (χ0v) is 12.1. The van der Waals surface area contributed by atoms with Gasteiger partial charge in [-0.3, -0.25) is 0 Å². The zero-order valence-electron chi connectivity index (χ0n) is 11.3. The number of anilines is 1. The summed E-state index contributed by atoms with van der Waals surface area (Å²) in [4.78, 5) is 0. The lowest BCUT2D eigenvalue weighted by Gasteiger charge is -2.29. The van der Waals surface area contributed by atoms with Gasteiger partial charge in [0.2, 0.25) is 0 Å². The highest BCUT2D eigenvalue weighted by molar-refractivity contribution is 7.91. The van der Waals surface area contributed by atoms with E-state index in [1.54, 1.807) is 12.1 Å². The predicted octanol–water partition coefficient (Wildman–Crippen LogP) is 2.47. The van der Waals surface area contributed by atoms with Crippen molar-refractivity contribution in [3.8, 4) is 6.07 Å². The Labute approximate surface area is 118 Å². The lowest BCUT2D eigenvalue weighted by atomic mass is 9.94. The van der Waals surface area contributed by atoms with E-state index in [0.29, 0.717) is 18.5 Å². The Morgan fingerprint density at radius 2 is 2.15 bits per heavy atom. The van der Waals surface area contributed by atoms with E-state index in [1.165, 1.54) is 18.4 Å². The molecule has 0 bridgehead atoms. The van der Waals surface area contributed by atoms with Crippen molar-refractivity contribution < 1.29 is 12.8 Å². The van der Waals surface area contributed by atoms with E-state index < -0.39 is 15.7 Å². The SMILES string of the molecule is CS(=O)(=O)C1CCCC(Nc2ccc(F)c(C#N)c2)C1. The summed E-state index contributed by atoms with van der Waals surface area (Å²) in [5.74, 6) is -0.546. The maximum Gasteiger partial charge on any atom is 0.150 e. The molecule has 6 heteroatoms. The maximum atomic E-state index is 13.2. The first-order chi connectivity index (χ1) is 9.40. The molecule has 108 valence electrons. The number of hydrogen-bond donors (Lipinski definition) is 1. The van der Waals surface area contributed by atoms with Gasteiger partial charge in [0.25, 0.3) is 0 Å². The second kappa shape index (κ2) is 5.80. The van der Waals surface area contributed by atoms with Crippen LogP contribution >= 0.6 is 0 Å². The Bertz CT molecular complexity index is 637. The molecule has 2 rings (SSSR count). The Balaban J connectivity index is 2.09. The number of sulfone groups is 1. The molecule has 1 aromatic carbocycles. The van der Waals surface area contributed by atoms with Crippen LogP contribution in [0.3, 0.4) is 0 Å². The topological polar surface area (TPSA) is 70.0 Å². The van der Waals surface area contributed by atoms with E-state index in [1.807, 2.05) is 0 Å². The summed E-state index contributed by atoms with van der Waals surface area (Å²) in [6, 6.07) is 6.11. The molecule has 1 aromatic rings. The number of hydrogen-bond acceptors (Lipinski definition) is 4. The van der Waals surface area contributed by atoms with Crippen LogP contribution in [0.5, 0.6) is 0 Å². The summed E-state index contributed by atoms with van der Waals surface area (Å²) >= 11 is 0. The van der Waals surface area contributed by atoms with Crippen LogP contribution in [-0.2, 0) is 9.84 Å². The molecule has 0 radical (unpaired) electrons. The average molecular weight is 296 g/mol. The number of rotatable bonds is 3. The van der Waals surface area contributed by atoms with Gasteiger partial charge in [-0.2, -0.15) is 5.26 Å². The summed E-state index contributed by atoms with van der Waals surface area (Å²) in [6.07, 6.45) is 4.25. The minimum Gasteiger partial charge on any atom is -0.382 e. The van der Waals surface area contributed by atoms with Crippen molar-refractivity contribution in [2.45, 2.75) is 37.0 Å². The van der Waals surface area contributed by atoms with Crippen LogP contribution in [0.1, 0.15) is 31.2 Å². The second-order valence-corrected chi connectivity index (χ2v) is 7.59. The molecule has 0 amide bonds. The van der Waals surface area contributed by atoms with Crippen molar-refractivity contribution >= 4 is 15.5 Å². The van der Waals surface area contributed by atoms with Gasteiger partial charge in [-0.05, 0) is 37.5 Å². The molecule has 1 saturated carbocycles. The van der Waals surface area contributed by atoms with Crippen LogP contribution < -0.4 is 5.32 Å². The van der Waals surface area contributed by atoms with Gasteiger partial charge in [-0.25, -0.2) is 12.8 Å². The zero-order chi connectivity index (χ0) is 14.8. The summed E-state index contributed by atoms with van der Waals surface area (Å²) in [6.45, 7) is 0. The molecule has 0 aromatic heterocycles. The smallest absolute Gasteiger partial charge is 0.150 e. The molecule has 4 nitrogen and oxygen atoms in total. The third kappa shape index (κ3) is 3.48. The molecule has 20 heavy (non-hydrogen) atoms. The Kier molecular flexibility index (Phi) is 4.29. The van der Waals surface area contributed by atoms with Crippen LogP contribution in [0, 0.1) is 17.1 Å². The van der Waals surface area contributed by atoms with Crippen molar-refractivity contribution in [1.82, 2.24) is 0 Å². The lowest BCUT2D eigenvalue weighted by Crippen LogP contribution is -2.34. The molecular weight excluding hydrogens is 279 g/mol. The molecule has 0 spiro atoms. The van der Waals surface area contributed by atoms with Gasteiger partial charge in [0, 0.05) is 18.0 Å². The van der Waals surface area contributed by atoms with Crippen molar-refractivity contribution in [2.24, 2.45) is 0 Å². The maximum absolute atomic E-state index is 13.2. The average Bonchev–Trinajstić information content (AvgIpc) is 2.40. The Hall–Kier alpha value is -1.61. The first kappa shape index (κ1) is 14.8. The minimum absolute atomic E-state index is 0.00882. The van der Waals surface area contributed by atoms with Crippen molar-refractivity contribution in [2.75, 3.05) is 11.6 Å². The first-order valence-corrected chi connectivity index (χ1v) is 8.50. The molecular formula is C14H17FN2O2S. The molecule has 1 aliphatic rings. The highest BCUT2D eigenvalue weighted by Gasteiger charge is 2.28. The van der Waals surface area contributed by atoms with Crippen molar-refractivity contribution in [3.63, 3.8) is 0 Å². The fourth-order valence-corrected chi connectivity index (χ4v) is 3.78. The van der Waals surface area contributed by atoms with Crippen LogP contribution in [0.4, 0.5) is 10.1 Å². The standard InChI is InChI=1S/C14H17FN2O2S/c1-20(18,19)13-4-2-3-11(8-13)17-12-5-6-14(15)10(7-12)9-16/h5-7,11,13,17H,2-4,8H2,1H3. The van der Waals surface area contributed by atoms with Gasteiger partial charge in [-0.15, -0.1) is 0 Å². The van der Waals surface area contributed by atoms with Crippen molar-refractivity contribution in [1.29, 1.82) is 5.26 Å². The molecule has 1 fully saturated rings. The van der Waals surface area contributed by atoms with Crippen molar-refractivity contribution in [3.05, 3.63) is 29.6 Å². The van der Waals surface area contributed by atoms with Gasteiger partial charge in [0.1, 0.15) is 21.7 Å². The van der Waals surface area contributed by atoms with Crippen LogP contribution in [-0.4, -0.2) is 26.0 Å². The first-order valence-electron chi connectivity index (χ1n) is 6.55. The predicted molar refractivity (Wildman–Crippen MR) is 75.6 cm³/mol. The summed E-state index contributed by atoms with van der Waals surface area (Å²) in [5, 5.41) is 11.7. The largest absolute Gasteiger partial charge is 0.382 e. The van der Waals surface area contributed by atoms with E-state index in [-0.39, 0.29) is 16.9 Å². The lowest BCUT2D eigenvalue weighted by molar-refractivity contribution is 0.453. The van der Waals surface area contributed by atoms with Crippen LogP contribution in [0.2, 0.25) is 0 Å². The van der Waals surface area contributed by atoms with Crippen LogP contribution in [0.15, 0.2) is 18.2 Å². The second-order valence-electron chi connectivity index (χ2n) is 5.27. The highest BCUT2D eigenvalue weighted by atomic mass is 32.2. The minimum atomic E-state index is -3.02. The van der Waals surface area contributed by atoms with Gasteiger partial charge < -0.3 is 5.32 Å². The molecule has 1 aliphatic carbocycles. The summed E-state index contributed by atoms with van der Waals surface area (Å²) in [7, 11) is -3.02. The Morgan fingerprint density at radius 3 is 2.80 bits per heavy atom. The fraction of sp³-hybridized carbons (Fsp3) is 0.500. The third-order valence-corrected chi connectivity index (χ3v) is 5.33. The van der Waals surface area contributed by atoms with E-state index in [9.17, 15) is 12.8 Å². The van der Waals surface area contributed by atoms with Gasteiger partial charge in [0.15, 0.2) is 0 Å². The number of halogens is 1. The number of nitrogens with one attached hydrogen (secondary N) is 1. The van der Waals surface area contributed by atoms with E-state index in [2.05, 4.69) is 5.32 Å². The van der Waals surface area contributed by atoms with E-state index in [0.717, 1.165) is 12.8 Å². The fourth-order valence-electron chi connectivity index (χ4n) is 2.60. The number of benzene rings is 1. The Morgan fingerprint density at radius 1 is 1.40 bits per heavy atom. The monoisotopic (exact) mass is 296 g/mol. The summed E-state index contributed by atoms with van der Waals surface area (Å²) in [5.41, 5.74) is 0.646. The van der Waals surface area contributed by atoms with Gasteiger partial charge >= 0.3 is 0 Å². The van der Waals surface area contributed by atoms with E-state index in [4.69, 9.17) is 5.26 Å². The molecule has 1 N–H and O–H groups in total. The number of nitrogens with zero attached hydrogens (tertiary/aromatic N) is 1. The quantitative estimate of drug-likeness (QED) is 0.930. The highest BCUT2D eigenvalue weighted by Crippen LogP contribution is 2.26. The van der Waals surface area contributed by atoms with Gasteiger partial charge in [-0.1, -0.05) is 6.42 Å². The van der Waals surface area contributed by atoms with Crippen LogP contribution in [0.25, 0.3) is 0 Å².